The summed E-state index contributed by atoms with van der Waals surface area (Å²) in [7, 11) is 0. The molecular formula is C24H26INO3. The number of hydrogen-bond acceptors (Lipinski definition) is 3. The van der Waals surface area contributed by atoms with Crippen molar-refractivity contribution in [2.45, 2.75) is 40.2 Å². The fourth-order valence-corrected chi connectivity index (χ4v) is 4.21. The van der Waals surface area contributed by atoms with Gasteiger partial charge in [0, 0.05) is 9.14 Å². The van der Waals surface area contributed by atoms with Crippen LogP contribution in [0.2, 0.25) is 0 Å². The van der Waals surface area contributed by atoms with E-state index in [9.17, 15) is 9.59 Å². The van der Waals surface area contributed by atoms with E-state index >= 15 is 0 Å². The van der Waals surface area contributed by atoms with Crippen LogP contribution in [0.4, 0.5) is 0 Å². The van der Waals surface area contributed by atoms with Gasteiger partial charge in [-0.2, -0.15) is 0 Å². The zero-order valence-corrected chi connectivity index (χ0v) is 19.2. The standard InChI is InChI=1S/C24H26INO3/c1-4-20-21(12-18-10-15(2)9-16(3)11-18)22(24(28)26-23(20)27)14-29-13-17-5-7-19(25)8-6-17/h5-11,22H,4,12-14H2,1-3H3,(H,26,27,28). The number of aryl methyl sites for hydroxylation is 2. The molecule has 0 radical (unpaired) electrons. The minimum Gasteiger partial charge on any atom is -0.376 e. The number of imide groups is 1. The third-order valence-corrected chi connectivity index (χ3v) is 5.85. The van der Waals surface area contributed by atoms with Crippen LogP contribution >= 0.6 is 22.6 Å². The van der Waals surface area contributed by atoms with E-state index in [1.165, 1.54) is 14.7 Å². The first-order chi connectivity index (χ1) is 13.9. The van der Waals surface area contributed by atoms with E-state index in [2.05, 4.69) is 60.0 Å². The molecule has 1 N–H and O–H groups in total. The van der Waals surface area contributed by atoms with Gasteiger partial charge in [-0.3, -0.25) is 14.9 Å². The maximum Gasteiger partial charge on any atom is 0.253 e. The summed E-state index contributed by atoms with van der Waals surface area (Å²) in [6.45, 7) is 6.77. The number of benzene rings is 2. The summed E-state index contributed by atoms with van der Waals surface area (Å²) in [4.78, 5) is 25.1. The molecular weight excluding hydrogens is 477 g/mol. The Morgan fingerprint density at radius 2 is 1.66 bits per heavy atom. The summed E-state index contributed by atoms with van der Waals surface area (Å²) in [5.41, 5.74) is 6.12. The van der Waals surface area contributed by atoms with Gasteiger partial charge < -0.3 is 4.74 Å². The van der Waals surface area contributed by atoms with Gasteiger partial charge in [0.1, 0.15) is 0 Å². The predicted octanol–water partition coefficient (Wildman–Crippen LogP) is 4.65. The van der Waals surface area contributed by atoms with Gasteiger partial charge >= 0.3 is 0 Å². The molecule has 0 aromatic heterocycles. The molecule has 0 saturated carbocycles. The SMILES string of the molecule is CCC1=C(Cc2cc(C)cc(C)c2)C(COCc2ccc(I)cc2)C(=O)NC1=O. The molecule has 4 nitrogen and oxygen atoms in total. The summed E-state index contributed by atoms with van der Waals surface area (Å²) in [6, 6.07) is 14.5. The molecule has 152 valence electrons. The first-order valence-corrected chi connectivity index (χ1v) is 10.9. The average molecular weight is 503 g/mol. The van der Waals surface area contributed by atoms with Crippen molar-refractivity contribution in [2.24, 2.45) is 5.92 Å². The van der Waals surface area contributed by atoms with Gasteiger partial charge in [-0.15, -0.1) is 0 Å². The first-order valence-electron chi connectivity index (χ1n) is 9.83. The van der Waals surface area contributed by atoms with E-state index < -0.39 is 5.92 Å². The highest BCUT2D eigenvalue weighted by Crippen LogP contribution is 2.28. The van der Waals surface area contributed by atoms with Crippen LogP contribution in [0.15, 0.2) is 53.6 Å². The Labute approximate surface area is 185 Å². The molecule has 29 heavy (non-hydrogen) atoms. The Hall–Kier alpha value is -1.99. The van der Waals surface area contributed by atoms with Gasteiger partial charge in [-0.05, 0) is 78.1 Å². The summed E-state index contributed by atoms with van der Waals surface area (Å²) in [6.07, 6.45) is 1.18. The van der Waals surface area contributed by atoms with Crippen LogP contribution in [0, 0.1) is 23.3 Å². The molecule has 0 spiro atoms. The summed E-state index contributed by atoms with van der Waals surface area (Å²) < 4.78 is 7.07. The molecule has 0 aliphatic carbocycles. The van der Waals surface area contributed by atoms with Crippen LogP contribution in [0.1, 0.15) is 35.6 Å². The number of halogens is 1. The minimum atomic E-state index is -0.452. The molecule has 5 heteroatoms. The third-order valence-electron chi connectivity index (χ3n) is 5.13. The highest BCUT2D eigenvalue weighted by molar-refractivity contribution is 14.1. The van der Waals surface area contributed by atoms with E-state index in [1.807, 2.05) is 31.2 Å². The number of amides is 2. The van der Waals surface area contributed by atoms with Gasteiger partial charge in [-0.25, -0.2) is 0 Å². The topological polar surface area (TPSA) is 55.4 Å². The number of ether oxygens (including phenoxy) is 1. The summed E-state index contributed by atoms with van der Waals surface area (Å²) >= 11 is 2.27. The van der Waals surface area contributed by atoms with Gasteiger partial charge in [-0.1, -0.05) is 48.4 Å². The molecule has 1 atom stereocenters. The smallest absolute Gasteiger partial charge is 0.253 e. The monoisotopic (exact) mass is 503 g/mol. The molecule has 0 bridgehead atoms. The number of nitrogens with one attached hydrogen (secondary N) is 1. The van der Waals surface area contributed by atoms with Gasteiger partial charge in [0.2, 0.25) is 5.91 Å². The quantitative estimate of drug-likeness (QED) is 0.443. The third kappa shape index (κ3) is 5.54. The van der Waals surface area contributed by atoms with Crippen molar-refractivity contribution in [2.75, 3.05) is 6.61 Å². The van der Waals surface area contributed by atoms with Crippen molar-refractivity contribution in [1.29, 1.82) is 0 Å². The lowest BCUT2D eigenvalue weighted by Crippen LogP contribution is -2.45. The lowest BCUT2D eigenvalue weighted by atomic mass is 9.84. The largest absolute Gasteiger partial charge is 0.376 e. The summed E-state index contributed by atoms with van der Waals surface area (Å²) in [5, 5.41) is 2.51. The van der Waals surface area contributed by atoms with E-state index in [0.717, 1.165) is 16.7 Å². The van der Waals surface area contributed by atoms with Crippen molar-refractivity contribution in [3.05, 3.63) is 79.4 Å². The van der Waals surface area contributed by atoms with Gasteiger partial charge in [0.25, 0.3) is 5.91 Å². The summed E-state index contributed by atoms with van der Waals surface area (Å²) in [5.74, 6) is -0.993. The molecule has 1 aliphatic heterocycles. The molecule has 2 aromatic carbocycles. The zero-order valence-electron chi connectivity index (χ0n) is 17.0. The Balaban J connectivity index is 1.81. The number of rotatable bonds is 7. The maximum atomic E-state index is 12.6. The van der Waals surface area contributed by atoms with E-state index in [-0.39, 0.29) is 18.4 Å². The van der Waals surface area contributed by atoms with Gasteiger partial charge in [0.15, 0.2) is 0 Å². The molecule has 2 aromatic rings. The van der Waals surface area contributed by atoms with Crippen LogP contribution in [0.3, 0.4) is 0 Å². The van der Waals surface area contributed by atoms with Crippen LogP contribution < -0.4 is 5.32 Å². The van der Waals surface area contributed by atoms with Crippen LogP contribution in [0.25, 0.3) is 0 Å². The molecule has 3 rings (SSSR count). The van der Waals surface area contributed by atoms with E-state index in [1.54, 1.807) is 0 Å². The zero-order chi connectivity index (χ0) is 21.0. The number of hydrogen-bond donors (Lipinski definition) is 1. The second-order valence-electron chi connectivity index (χ2n) is 7.54. The second-order valence-corrected chi connectivity index (χ2v) is 8.79. The average Bonchev–Trinajstić information content (AvgIpc) is 2.65. The highest BCUT2D eigenvalue weighted by Gasteiger charge is 2.34. The Kier molecular flexibility index (Phi) is 7.24. The fourth-order valence-electron chi connectivity index (χ4n) is 3.85. The van der Waals surface area contributed by atoms with Crippen LogP contribution in [0.5, 0.6) is 0 Å². The van der Waals surface area contributed by atoms with Crippen molar-refractivity contribution in [3.8, 4) is 0 Å². The molecule has 2 amide bonds. The van der Waals surface area contributed by atoms with E-state index in [4.69, 9.17) is 4.74 Å². The Morgan fingerprint density at radius 3 is 2.28 bits per heavy atom. The molecule has 0 saturated heterocycles. The Morgan fingerprint density at radius 1 is 1.00 bits per heavy atom. The lowest BCUT2D eigenvalue weighted by molar-refractivity contribution is -0.133. The van der Waals surface area contributed by atoms with Crippen molar-refractivity contribution in [1.82, 2.24) is 5.32 Å². The fraction of sp³-hybridized carbons (Fsp3) is 0.333. The Bertz CT molecular complexity index is 927. The van der Waals surface area contributed by atoms with Crippen molar-refractivity contribution >= 4 is 34.4 Å². The maximum absolute atomic E-state index is 12.6. The normalized spacial score (nSPS) is 16.9. The van der Waals surface area contributed by atoms with Crippen molar-refractivity contribution < 1.29 is 14.3 Å². The first kappa shape index (κ1) is 21.7. The minimum absolute atomic E-state index is 0.259. The number of carbonyl (C=O) groups excluding carboxylic acids is 2. The molecule has 1 heterocycles. The lowest BCUT2D eigenvalue weighted by Gasteiger charge is -2.27. The second kappa shape index (κ2) is 9.67. The highest BCUT2D eigenvalue weighted by atomic mass is 127. The van der Waals surface area contributed by atoms with Crippen molar-refractivity contribution in [3.63, 3.8) is 0 Å². The van der Waals surface area contributed by atoms with E-state index in [0.29, 0.717) is 25.0 Å². The molecule has 1 unspecified atom stereocenters. The van der Waals surface area contributed by atoms with Crippen LogP contribution in [-0.2, 0) is 27.4 Å². The van der Waals surface area contributed by atoms with Gasteiger partial charge in [0.05, 0.1) is 19.1 Å². The van der Waals surface area contributed by atoms with Crippen LogP contribution in [-0.4, -0.2) is 18.4 Å². The molecule has 0 fully saturated rings. The number of carbonyl (C=O) groups is 2. The predicted molar refractivity (Wildman–Crippen MR) is 122 cm³/mol. The molecule has 1 aliphatic rings.